The topological polar surface area (TPSA) is 38.8 Å². The molecule has 3 rings (SSSR count). The first kappa shape index (κ1) is 26.8. The molecule has 1 amide bonds. The Morgan fingerprint density at radius 1 is 1.06 bits per heavy atom. The van der Waals surface area contributed by atoms with E-state index in [4.69, 9.17) is 0 Å². The van der Waals surface area contributed by atoms with Crippen LogP contribution >= 0.6 is 0 Å². The number of hydrogen-bond acceptors (Lipinski definition) is 4. The van der Waals surface area contributed by atoms with Gasteiger partial charge in [0.2, 0.25) is 5.91 Å². The van der Waals surface area contributed by atoms with Crippen LogP contribution in [0.2, 0.25) is 0 Å². The summed E-state index contributed by atoms with van der Waals surface area (Å²) >= 11 is 0. The number of nitrogens with zero attached hydrogens (tertiary/aromatic N) is 3. The molecular weight excluding hydrogens is 441 g/mol. The lowest BCUT2D eigenvalue weighted by Gasteiger charge is -2.37. The maximum atomic E-state index is 13.0. The average Bonchev–Trinajstić information content (AvgIpc) is 2.84. The third-order valence-electron chi connectivity index (χ3n) is 7.53. The van der Waals surface area contributed by atoms with E-state index in [1.54, 1.807) is 6.07 Å². The van der Waals surface area contributed by atoms with E-state index in [0.717, 1.165) is 90.5 Å². The molecule has 1 saturated heterocycles. The van der Waals surface area contributed by atoms with E-state index in [2.05, 4.69) is 33.9 Å². The van der Waals surface area contributed by atoms with Gasteiger partial charge in [0.05, 0.1) is 5.56 Å². The number of nitrogens with one attached hydrogen (secondary N) is 1. The summed E-state index contributed by atoms with van der Waals surface area (Å²) in [6, 6.07) is 5.97. The van der Waals surface area contributed by atoms with Crippen LogP contribution in [0.5, 0.6) is 0 Å². The predicted molar refractivity (Wildman–Crippen MR) is 131 cm³/mol. The van der Waals surface area contributed by atoms with Crippen LogP contribution in [0.15, 0.2) is 24.3 Å². The molecule has 0 bridgehead atoms. The molecule has 0 spiro atoms. The number of carbonyl (C=O) groups excluding carboxylic acids is 1. The van der Waals surface area contributed by atoms with Crippen LogP contribution in [0.1, 0.15) is 57.9 Å². The number of piperazine rings is 1. The van der Waals surface area contributed by atoms with Gasteiger partial charge in [-0.3, -0.25) is 9.69 Å². The number of amides is 1. The summed E-state index contributed by atoms with van der Waals surface area (Å²) in [4.78, 5) is 19.0. The van der Waals surface area contributed by atoms with Gasteiger partial charge in [0.25, 0.3) is 0 Å². The van der Waals surface area contributed by atoms with E-state index < -0.39 is 11.7 Å². The maximum absolute atomic E-state index is 13.0. The molecule has 1 N–H and O–H groups in total. The van der Waals surface area contributed by atoms with Gasteiger partial charge in [0.15, 0.2) is 0 Å². The van der Waals surface area contributed by atoms with Crippen LogP contribution in [0, 0.1) is 5.92 Å². The van der Waals surface area contributed by atoms with Crippen molar-refractivity contribution >= 4 is 11.6 Å². The number of benzene rings is 1. The number of hydrogen-bond donors (Lipinski definition) is 1. The van der Waals surface area contributed by atoms with Gasteiger partial charge in [0.1, 0.15) is 0 Å². The third kappa shape index (κ3) is 8.15. The molecule has 5 nitrogen and oxygen atoms in total. The Labute approximate surface area is 202 Å². The fourth-order valence-electron chi connectivity index (χ4n) is 5.17. The Bertz CT molecular complexity index is 753. The van der Waals surface area contributed by atoms with Gasteiger partial charge in [-0.2, -0.15) is 13.2 Å². The van der Waals surface area contributed by atoms with Crippen LogP contribution in [0.25, 0.3) is 0 Å². The van der Waals surface area contributed by atoms with Crippen molar-refractivity contribution in [1.29, 1.82) is 0 Å². The van der Waals surface area contributed by atoms with E-state index in [1.807, 2.05) is 0 Å². The summed E-state index contributed by atoms with van der Waals surface area (Å²) in [5.41, 5.74) is 0.0788. The minimum Gasteiger partial charge on any atom is -0.369 e. The standard InChI is InChI=1S/C26H41F3N4O/c1-3-31(4-2)15-13-25(34)30-23-10-8-21(9-11-23)12-14-32-16-18-33(19-17-32)24-7-5-6-22(20-24)26(27,28)29/h5-7,20-21,23H,3-4,8-19H2,1-2H3,(H,30,34)/t21-,23-. The average molecular weight is 483 g/mol. The molecule has 0 radical (unpaired) electrons. The van der Waals surface area contributed by atoms with Crippen molar-refractivity contribution in [3.05, 3.63) is 29.8 Å². The molecule has 1 heterocycles. The number of halogens is 3. The predicted octanol–water partition coefficient (Wildman–Crippen LogP) is 4.62. The number of alkyl halides is 3. The van der Waals surface area contributed by atoms with Crippen LogP contribution in [-0.4, -0.2) is 74.1 Å². The van der Waals surface area contributed by atoms with Crippen LogP contribution in [0.4, 0.5) is 18.9 Å². The fraction of sp³-hybridized carbons (Fsp3) is 0.731. The highest BCUT2D eigenvalue weighted by molar-refractivity contribution is 5.76. The molecule has 1 aromatic rings. The van der Waals surface area contributed by atoms with Gasteiger partial charge >= 0.3 is 6.18 Å². The fourth-order valence-corrected chi connectivity index (χ4v) is 5.17. The summed E-state index contributed by atoms with van der Waals surface area (Å²) in [5.74, 6) is 0.874. The summed E-state index contributed by atoms with van der Waals surface area (Å²) in [6.45, 7) is 11.4. The van der Waals surface area contributed by atoms with Crippen molar-refractivity contribution in [2.45, 2.75) is 64.6 Å². The summed E-state index contributed by atoms with van der Waals surface area (Å²) in [5, 5.41) is 3.23. The minimum atomic E-state index is -4.30. The molecule has 2 aliphatic rings. The quantitative estimate of drug-likeness (QED) is 0.528. The second kappa shape index (κ2) is 12.8. The monoisotopic (exact) mass is 482 g/mol. The highest BCUT2D eigenvalue weighted by Crippen LogP contribution is 2.32. The number of rotatable bonds is 10. The van der Waals surface area contributed by atoms with Crippen molar-refractivity contribution in [2.24, 2.45) is 5.92 Å². The van der Waals surface area contributed by atoms with Gasteiger partial charge < -0.3 is 15.1 Å². The molecule has 192 valence electrons. The highest BCUT2D eigenvalue weighted by atomic mass is 19.4. The molecular formula is C26H41F3N4O. The molecule has 1 aliphatic carbocycles. The molecule has 1 aromatic carbocycles. The van der Waals surface area contributed by atoms with Crippen molar-refractivity contribution in [3.63, 3.8) is 0 Å². The number of carbonyl (C=O) groups is 1. The summed E-state index contributed by atoms with van der Waals surface area (Å²) in [7, 11) is 0. The van der Waals surface area contributed by atoms with Crippen LogP contribution in [0.3, 0.4) is 0 Å². The van der Waals surface area contributed by atoms with E-state index >= 15 is 0 Å². The second-order valence-electron chi connectivity index (χ2n) is 9.73. The Balaban J connectivity index is 1.32. The lowest BCUT2D eigenvalue weighted by molar-refractivity contribution is -0.137. The normalized spacial score (nSPS) is 22.2. The number of anilines is 1. The lowest BCUT2D eigenvalue weighted by atomic mass is 9.84. The summed E-state index contributed by atoms with van der Waals surface area (Å²) in [6.07, 6.45) is 1.87. The minimum absolute atomic E-state index is 0.175. The Kier molecular flexibility index (Phi) is 10.1. The van der Waals surface area contributed by atoms with E-state index in [0.29, 0.717) is 24.1 Å². The van der Waals surface area contributed by atoms with Gasteiger partial charge in [-0.05, 0) is 75.9 Å². The van der Waals surface area contributed by atoms with Crippen molar-refractivity contribution in [1.82, 2.24) is 15.1 Å². The molecule has 0 atom stereocenters. The summed E-state index contributed by atoms with van der Waals surface area (Å²) < 4.78 is 39.0. The van der Waals surface area contributed by atoms with Crippen LogP contribution < -0.4 is 10.2 Å². The van der Waals surface area contributed by atoms with Gasteiger partial charge in [-0.25, -0.2) is 0 Å². The van der Waals surface area contributed by atoms with Gasteiger partial charge in [0, 0.05) is 50.9 Å². The zero-order chi connectivity index (χ0) is 24.6. The first-order valence-corrected chi connectivity index (χ1v) is 12.9. The SMILES string of the molecule is CCN(CC)CCC(=O)N[C@H]1CC[C@H](CCN2CCN(c3cccc(C(F)(F)F)c3)CC2)CC1. The van der Waals surface area contributed by atoms with Crippen molar-refractivity contribution in [3.8, 4) is 0 Å². The zero-order valence-electron chi connectivity index (χ0n) is 20.7. The first-order valence-electron chi connectivity index (χ1n) is 12.9. The van der Waals surface area contributed by atoms with E-state index in [-0.39, 0.29) is 5.91 Å². The first-order chi connectivity index (χ1) is 16.3. The van der Waals surface area contributed by atoms with Crippen LogP contribution in [-0.2, 0) is 11.0 Å². The van der Waals surface area contributed by atoms with Crippen molar-refractivity contribution < 1.29 is 18.0 Å². The Morgan fingerprint density at radius 3 is 2.35 bits per heavy atom. The smallest absolute Gasteiger partial charge is 0.369 e. The maximum Gasteiger partial charge on any atom is 0.416 e. The molecule has 1 aliphatic heterocycles. The molecule has 2 fully saturated rings. The zero-order valence-corrected chi connectivity index (χ0v) is 20.7. The third-order valence-corrected chi connectivity index (χ3v) is 7.53. The van der Waals surface area contributed by atoms with E-state index in [1.165, 1.54) is 12.1 Å². The molecule has 1 saturated carbocycles. The Morgan fingerprint density at radius 2 is 1.74 bits per heavy atom. The molecule has 0 unspecified atom stereocenters. The Hall–Kier alpha value is -1.80. The van der Waals surface area contributed by atoms with Crippen molar-refractivity contribution in [2.75, 3.05) is 57.3 Å². The highest BCUT2D eigenvalue weighted by Gasteiger charge is 2.31. The van der Waals surface area contributed by atoms with Gasteiger partial charge in [-0.1, -0.05) is 19.9 Å². The molecule has 0 aromatic heterocycles. The van der Waals surface area contributed by atoms with Gasteiger partial charge in [-0.15, -0.1) is 0 Å². The molecule has 8 heteroatoms. The second-order valence-corrected chi connectivity index (χ2v) is 9.73. The molecule has 34 heavy (non-hydrogen) atoms. The van der Waals surface area contributed by atoms with E-state index in [9.17, 15) is 18.0 Å². The largest absolute Gasteiger partial charge is 0.416 e. The lowest BCUT2D eigenvalue weighted by Crippen LogP contribution is -2.47.